The summed E-state index contributed by atoms with van der Waals surface area (Å²) in [5, 5.41) is 23.6. The molecule has 4 rings (SSSR count). The highest BCUT2D eigenvalue weighted by Crippen LogP contribution is 2.21. The Labute approximate surface area is 152 Å². The first-order valence-corrected chi connectivity index (χ1v) is 8.95. The number of nitrogens with one attached hydrogen (secondary N) is 1. The van der Waals surface area contributed by atoms with E-state index in [1.54, 1.807) is 6.20 Å². The first kappa shape index (κ1) is 16.4. The molecule has 3 heterocycles. The van der Waals surface area contributed by atoms with Crippen LogP contribution >= 0.6 is 0 Å². The van der Waals surface area contributed by atoms with Gasteiger partial charge in [0.2, 0.25) is 5.95 Å². The molecule has 1 saturated heterocycles. The Morgan fingerprint density at radius 2 is 1.85 bits per heavy atom. The standard InChI is InChI=1S/C18H22N8/c1-2-5-16(6-3-1)14-26-18(22-23-24-26)19-13-15-8-11-25(12-9-15)17-7-4-10-20-21-17/h1-7,10,15H,8-9,11-14H2,(H,19,22,24). The molecular weight excluding hydrogens is 328 g/mol. The molecule has 8 heteroatoms. The van der Waals surface area contributed by atoms with Crippen LogP contribution in [0.25, 0.3) is 0 Å². The van der Waals surface area contributed by atoms with Gasteiger partial charge in [0.1, 0.15) is 0 Å². The second-order valence-corrected chi connectivity index (χ2v) is 6.54. The molecule has 8 nitrogen and oxygen atoms in total. The minimum atomic E-state index is 0.602. The van der Waals surface area contributed by atoms with E-state index in [-0.39, 0.29) is 0 Å². The van der Waals surface area contributed by atoms with Crippen molar-refractivity contribution in [2.45, 2.75) is 19.4 Å². The van der Waals surface area contributed by atoms with Crippen molar-refractivity contribution in [1.82, 2.24) is 30.4 Å². The molecule has 134 valence electrons. The predicted octanol–water partition coefficient (Wildman–Crippen LogP) is 1.84. The summed E-state index contributed by atoms with van der Waals surface area (Å²) < 4.78 is 1.81. The van der Waals surface area contributed by atoms with Crippen LogP contribution in [-0.2, 0) is 6.54 Å². The second kappa shape index (κ2) is 7.90. The van der Waals surface area contributed by atoms with Gasteiger partial charge < -0.3 is 10.2 Å². The summed E-state index contributed by atoms with van der Waals surface area (Å²) in [6.45, 7) is 3.55. The molecule has 0 bridgehead atoms. The van der Waals surface area contributed by atoms with Gasteiger partial charge in [-0.15, -0.1) is 5.10 Å². The average molecular weight is 350 g/mol. The first-order valence-electron chi connectivity index (χ1n) is 8.95. The van der Waals surface area contributed by atoms with Crippen LogP contribution in [0.15, 0.2) is 48.7 Å². The van der Waals surface area contributed by atoms with E-state index in [4.69, 9.17) is 0 Å². The molecule has 0 saturated carbocycles. The fraction of sp³-hybridized carbons (Fsp3) is 0.389. The Kier molecular flexibility index (Phi) is 5.00. The molecule has 26 heavy (non-hydrogen) atoms. The van der Waals surface area contributed by atoms with Crippen molar-refractivity contribution < 1.29 is 0 Å². The van der Waals surface area contributed by atoms with Crippen molar-refractivity contribution in [2.75, 3.05) is 29.9 Å². The molecular formula is C18H22N8. The quantitative estimate of drug-likeness (QED) is 0.726. The van der Waals surface area contributed by atoms with Gasteiger partial charge in [-0.2, -0.15) is 5.10 Å². The Hall–Kier alpha value is -3.03. The number of nitrogens with zero attached hydrogens (tertiary/aromatic N) is 7. The maximum Gasteiger partial charge on any atom is 0.243 e. The number of piperidine rings is 1. The summed E-state index contributed by atoms with van der Waals surface area (Å²) in [5.41, 5.74) is 1.18. The Morgan fingerprint density at radius 1 is 1.00 bits per heavy atom. The van der Waals surface area contributed by atoms with Crippen molar-refractivity contribution in [1.29, 1.82) is 0 Å². The highest BCUT2D eigenvalue weighted by atomic mass is 15.6. The molecule has 2 aromatic heterocycles. The SMILES string of the molecule is c1ccc(Cn2nnnc2NCC2CCN(c3cccnn3)CC2)cc1. The van der Waals surface area contributed by atoms with Crippen molar-refractivity contribution in [3.05, 3.63) is 54.2 Å². The Bertz CT molecular complexity index is 796. The van der Waals surface area contributed by atoms with E-state index >= 15 is 0 Å². The topological polar surface area (TPSA) is 84.7 Å². The molecule has 0 aliphatic carbocycles. The smallest absolute Gasteiger partial charge is 0.243 e. The number of anilines is 2. The van der Waals surface area contributed by atoms with Crippen LogP contribution in [0.4, 0.5) is 11.8 Å². The van der Waals surface area contributed by atoms with Crippen molar-refractivity contribution in [3.63, 3.8) is 0 Å². The average Bonchev–Trinajstić information content (AvgIpc) is 3.15. The van der Waals surface area contributed by atoms with Crippen LogP contribution in [0.1, 0.15) is 18.4 Å². The number of rotatable bonds is 6. The van der Waals surface area contributed by atoms with Crippen LogP contribution in [0.3, 0.4) is 0 Å². The monoisotopic (exact) mass is 350 g/mol. The zero-order valence-electron chi connectivity index (χ0n) is 14.6. The highest BCUT2D eigenvalue weighted by Gasteiger charge is 2.20. The van der Waals surface area contributed by atoms with E-state index in [0.29, 0.717) is 12.5 Å². The third kappa shape index (κ3) is 3.96. The third-order valence-electron chi connectivity index (χ3n) is 4.75. The summed E-state index contributed by atoms with van der Waals surface area (Å²) in [6.07, 6.45) is 3.94. The molecule has 1 N–H and O–H groups in total. The summed E-state index contributed by atoms with van der Waals surface area (Å²) in [4.78, 5) is 2.29. The number of aromatic nitrogens is 6. The van der Waals surface area contributed by atoms with Gasteiger partial charge in [-0.3, -0.25) is 0 Å². The lowest BCUT2D eigenvalue weighted by atomic mass is 9.97. The summed E-state index contributed by atoms with van der Waals surface area (Å²) in [5.74, 6) is 2.29. The lowest BCUT2D eigenvalue weighted by molar-refractivity contribution is 0.420. The molecule has 0 unspecified atom stereocenters. The van der Waals surface area contributed by atoms with E-state index in [0.717, 1.165) is 44.2 Å². The van der Waals surface area contributed by atoms with Gasteiger partial charge in [-0.05, 0) is 46.9 Å². The van der Waals surface area contributed by atoms with Crippen molar-refractivity contribution in [2.24, 2.45) is 5.92 Å². The van der Waals surface area contributed by atoms with Gasteiger partial charge in [0, 0.05) is 25.8 Å². The lowest BCUT2D eigenvalue weighted by Crippen LogP contribution is -2.36. The van der Waals surface area contributed by atoms with Crippen molar-refractivity contribution >= 4 is 11.8 Å². The maximum absolute atomic E-state index is 4.20. The molecule has 0 amide bonds. The van der Waals surface area contributed by atoms with Crippen LogP contribution in [-0.4, -0.2) is 50.0 Å². The summed E-state index contributed by atoms with van der Waals surface area (Å²) >= 11 is 0. The number of benzene rings is 1. The Morgan fingerprint density at radius 3 is 2.62 bits per heavy atom. The number of hydrogen-bond donors (Lipinski definition) is 1. The van der Waals surface area contributed by atoms with Gasteiger partial charge in [0.25, 0.3) is 0 Å². The van der Waals surface area contributed by atoms with Crippen LogP contribution < -0.4 is 10.2 Å². The summed E-state index contributed by atoms with van der Waals surface area (Å²) in [6, 6.07) is 14.2. The number of hydrogen-bond acceptors (Lipinski definition) is 7. The fourth-order valence-electron chi connectivity index (χ4n) is 3.26. The van der Waals surface area contributed by atoms with Crippen LogP contribution in [0, 0.1) is 5.92 Å². The first-order chi connectivity index (χ1) is 12.9. The van der Waals surface area contributed by atoms with Crippen LogP contribution in [0.5, 0.6) is 0 Å². The zero-order valence-corrected chi connectivity index (χ0v) is 14.6. The Balaban J connectivity index is 1.29. The number of tetrazole rings is 1. The minimum absolute atomic E-state index is 0.602. The molecule has 0 radical (unpaired) electrons. The molecule has 3 aromatic rings. The highest BCUT2D eigenvalue weighted by molar-refractivity contribution is 5.36. The van der Waals surface area contributed by atoms with E-state index in [1.165, 1.54) is 5.56 Å². The second-order valence-electron chi connectivity index (χ2n) is 6.54. The third-order valence-corrected chi connectivity index (χ3v) is 4.75. The molecule has 1 aliphatic rings. The van der Waals surface area contributed by atoms with Gasteiger partial charge in [0.05, 0.1) is 6.54 Å². The normalized spacial score (nSPS) is 15.2. The van der Waals surface area contributed by atoms with Gasteiger partial charge in [-0.1, -0.05) is 35.4 Å². The van der Waals surface area contributed by atoms with Gasteiger partial charge in [-0.25, -0.2) is 4.68 Å². The van der Waals surface area contributed by atoms with Crippen LogP contribution in [0.2, 0.25) is 0 Å². The maximum atomic E-state index is 4.20. The summed E-state index contributed by atoms with van der Waals surface area (Å²) in [7, 11) is 0. The van der Waals surface area contributed by atoms with E-state index in [9.17, 15) is 0 Å². The zero-order chi connectivity index (χ0) is 17.6. The largest absolute Gasteiger partial charge is 0.355 e. The van der Waals surface area contributed by atoms with E-state index < -0.39 is 0 Å². The molecule has 1 aliphatic heterocycles. The van der Waals surface area contributed by atoms with Gasteiger partial charge >= 0.3 is 0 Å². The van der Waals surface area contributed by atoms with E-state index in [1.807, 2.05) is 35.0 Å². The molecule has 0 spiro atoms. The molecule has 1 aromatic carbocycles. The fourth-order valence-corrected chi connectivity index (χ4v) is 3.26. The van der Waals surface area contributed by atoms with Gasteiger partial charge in [0.15, 0.2) is 5.82 Å². The molecule has 0 atom stereocenters. The van der Waals surface area contributed by atoms with E-state index in [2.05, 4.69) is 48.1 Å². The predicted molar refractivity (Wildman–Crippen MR) is 98.8 cm³/mol. The van der Waals surface area contributed by atoms with Crippen molar-refractivity contribution in [3.8, 4) is 0 Å². The molecule has 1 fully saturated rings. The lowest BCUT2D eigenvalue weighted by Gasteiger charge is -2.32. The minimum Gasteiger partial charge on any atom is -0.355 e.